The van der Waals surface area contributed by atoms with Crippen LogP contribution in [0.5, 0.6) is 0 Å². The van der Waals surface area contributed by atoms with E-state index in [0.29, 0.717) is 6.42 Å². The van der Waals surface area contributed by atoms with E-state index in [9.17, 15) is 4.79 Å². The second-order valence-electron chi connectivity index (χ2n) is 4.41. The monoisotopic (exact) mass is 247 g/mol. The summed E-state index contributed by atoms with van der Waals surface area (Å²) in [6.45, 7) is 8.07. The highest BCUT2D eigenvalue weighted by molar-refractivity contribution is 6.20. The fraction of sp³-hybridized carbons (Fsp3) is 0.923. The molecule has 16 heavy (non-hydrogen) atoms. The van der Waals surface area contributed by atoms with Gasteiger partial charge in [-0.3, -0.25) is 4.79 Å². The third-order valence-corrected chi connectivity index (χ3v) is 2.89. The number of amides is 1. The lowest BCUT2D eigenvalue weighted by atomic mass is 10.2. The molecule has 0 saturated carbocycles. The van der Waals surface area contributed by atoms with Crippen molar-refractivity contribution in [2.24, 2.45) is 0 Å². The largest absolute Gasteiger partial charge is 0.343 e. The van der Waals surface area contributed by atoms with Gasteiger partial charge in [0.2, 0.25) is 5.91 Å². The molecule has 0 fully saturated rings. The predicted molar refractivity (Wildman–Crippen MR) is 70.9 cm³/mol. The molecule has 0 aromatic heterocycles. The number of nitrogens with zero attached hydrogens (tertiary/aromatic N) is 1. The molecule has 0 N–H and O–H groups in total. The fourth-order valence-electron chi connectivity index (χ4n) is 1.54. The van der Waals surface area contributed by atoms with Crippen molar-refractivity contribution >= 4 is 17.5 Å². The number of hydrogen-bond donors (Lipinski definition) is 0. The molecule has 0 aliphatic heterocycles. The summed E-state index contributed by atoms with van der Waals surface area (Å²) >= 11 is 5.86. The van der Waals surface area contributed by atoms with E-state index in [1.165, 1.54) is 0 Å². The van der Waals surface area contributed by atoms with Crippen LogP contribution in [0.2, 0.25) is 0 Å². The number of hydrogen-bond acceptors (Lipinski definition) is 1. The van der Waals surface area contributed by atoms with E-state index in [2.05, 4.69) is 13.8 Å². The number of alkyl halides is 1. The maximum Gasteiger partial charge on any atom is 0.222 e. The molecule has 0 radical (unpaired) electrons. The van der Waals surface area contributed by atoms with Crippen molar-refractivity contribution in [1.82, 2.24) is 4.90 Å². The second kappa shape index (κ2) is 9.95. The van der Waals surface area contributed by atoms with Gasteiger partial charge in [0.05, 0.1) is 0 Å². The van der Waals surface area contributed by atoms with Gasteiger partial charge in [-0.2, -0.15) is 0 Å². The molecule has 1 unspecified atom stereocenters. The van der Waals surface area contributed by atoms with Crippen LogP contribution in [0, 0.1) is 0 Å². The van der Waals surface area contributed by atoms with Gasteiger partial charge in [0.1, 0.15) is 0 Å². The Labute approximate surface area is 105 Å². The van der Waals surface area contributed by atoms with Gasteiger partial charge in [-0.15, -0.1) is 11.6 Å². The minimum absolute atomic E-state index is 0.100. The molecule has 0 aliphatic rings. The van der Waals surface area contributed by atoms with Gasteiger partial charge in [-0.1, -0.05) is 26.7 Å². The molecular formula is C13H26ClNO. The van der Waals surface area contributed by atoms with Gasteiger partial charge >= 0.3 is 0 Å². The van der Waals surface area contributed by atoms with Crippen molar-refractivity contribution in [2.45, 2.75) is 64.7 Å². The summed E-state index contributed by atoms with van der Waals surface area (Å²) in [5.41, 5.74) is 0. The van der Waals surface area contributed by atoms with Crippen molar-refractivity contribution in [1.29, 1.82) is 0 Å². The van der Waals surface area contributed by atoms with E-state index in [4.69, 9.17) is 11.6 Å². The van der Waals surface area contributed by atoms with Crippen LogP contribution >= 0.6 is 11.6 Å². The molecule has 3 heteroatoms. The van der Waals surface area contributed by atoms with E-state index in [0.717, 1.165) is 45.2 Å². The lowest BCUT2D eigenvalue weighted by molar-refractivity contribution is -0.131. The first kappa shape index (κ1) is 15.8. The standard InChI is InChI=1S/C13H26ClNO/c1-4-6-10-15(11-7-5-2)13(16)9-8-12(3)14/h12H,4-11H2,1-3H3. The highest BCUT2D eigenvalue weighted by Gasteiger charge is 2.12. The minimum atomic E-state index is 0.100. The molecule has 0 aromatic carbocycles. The number of rotatable bonds is 9. The summed E-state index contributed by atoms with van der Waals surface area (Å²) in [6, 6.07) is 0. The Kier molecular flexibility index (Phi) is 9.80. The topological polar surface area (TPSA) is 20.3 Å². The van der Waals surface area contributed by atoms with Crippen molar-refractivity contribution in [3.8, 4) is 0 Å². The molecule has 96 valence electrons. The van der Waals surface area contributed by atoms with Crippen LogP contribution in [0.25, 0.3) is 0 Å². The van der Waals surface area contributed by atoms with Gasteiger partial charge in [0.15, 0.2) is 0 Å². The van der Waals surface area contributed by atoms with Gasteiger partial charge in [-0.25, -0.2) is 0 Å². The first-order chi connectivity index (χ1) is 7.61. The molecule has 0 aliphatic carbocycles. The first-order valence-electron chi connectivity index (χ1n) is 6.53. The fourth-order valence-corrected chi connectivity index (χ4v) is 1.65. The summed E-state index contributed by atoms with van der Waals surface area (Å²) in [5.74, 6) is 0.273. The summed E-state index contributed by atoms with van der Waals surface area (Å²) in [7, 11) is 0. The third kappa shape index (κ3) is 7.98. The Morgan fingerprint density at radius 2 is 1.69 bits per heavy atom. The first-order valence-corrected chi connectivity index (χ1v) is 6.97. The summed E-state index contributed by atoms with van der Waals surface area (Å²) in [4.78, 5) is 13.9. The molecule has 2 nitrogen and oxygen atoms in total. The van der Waals surface area contributed by atoms with E-state index < -0.39 is 0 Å². The molecule has 0 rings (SSSR count). The van der Waals surface area contributed by atoms with Gasteiger partial charge in [0, 0.05) is 24.9 Å². The Morgan fingerprint density at radius 1 is 1.19 bits per heavy atom. The summed E-state index contributed by atoms with van der Waals surface area (Å²) in [6.07, 6.45) is 5.87. The summed E-state index contributed by atoms with van der Waals surface area (Å²) in [5, 5.41) is 0.100. The van der Waals surface area contributed by atoms with E-state index >= 15 is 0 Å². The van der Waals surface area contributed by atoms with Crippen molar-refractivity contribution in [3.63, 3.8) is 0 Å². The predicted octanol–water partition coefficient (Wildman–Crippen LogP) is 3.82. The van der Waals surface area contributed by atoms with Crippen LogP contribution in [-0.4, -0.2) is 29.3 Å². The molecule has 1 amide bonds. The van der Waals surface area contributed by atoms with Crippen molar-refractivity contribution < 1.29 is 4.79 Å². The molecule has 0 bridgehead atoms. The molecule has 0 saturated heterocycles. The van der Waals surface area contributed by atoms with Crippen LogP contribution in [-0.2, 0) is 4.79 Å². The lowest BCUT2D eigenvalue weighted by Crippen LogP contribution is -2.33. The smallest absolute Gasteiger partial charge is 0.222 e. The van der Waals surface area contributed by atoms with Gasteiger partial charge < -0.3 is 4.90 Å². The minimum Gasteiger partial charge on any atom is -0.343 e. The highest BCUT2D eigenvalue weighted by atomic mass is 35.5. The molecule has 1 atom stereocenters. The van der Waals surface area contributed by atoms with Crippen LogP contribution in [0.3, 0.4) is 0 Å². The van der Waals surface area contributed by atoms with Crippen LogP contribution < -0.4 is 0 Å². The SMILES string of the molecule is CCCCN(CCCC)C(=O)CCC(C)Cl. The Morgan fingerprint density at radius 3 is 2.06 bits per heavy atom. The van der Waals surface area contributed by atoms with Crippen molar-refractivity contribution in [3.05, 3.63) is 0 Å². The number of halogens is 1. The highest BCUT2D eigenvalue weighted by Crippen LogP contribution is 2.08. The second-order valence-corrected chi connectivity index (χ2v) is 5.15. The van der Waals surface area contributed by atoms with Gasteiger partial charge in [0.25, 0.3) is 0 Å². The molecule has 0 heterocycles. The zero-order valence-electron chi connectivity index (χ0n) is 11.0. The van der Waals surface area contributed by atoms with Crippen LogP contribution in [0.1, 0.15) is 59.3 Å². The average Bonchev–Trinajstić information content (AvgIpc) is 2.26. The maximum absolute atomic E-state index is 11.9. The average molecular weight is 248 g/mol. The van der Waals surface area contributed by atoms with Gasteiger partial charge in [-0.05, 0) is 26.2 Å². The van der Waals surface area contributed by atoms with Crippen molar-refractivity contribution in [2.75, 3.05) is 13.1 Å². The van der Waals surface area contributed by atoms with E-state index in [1.807, 2.05) is 11.8 Å². The van der Waals surface area contributed by atoms with Crippen LogP contribution in [0.15, 0.2) is 0 Å². The van der Waals surface area contributed by atoms with E-state index in [-0.39, 0.29) is 11.3 Å². The Balaban J connectivity index is 3.98. The van der Waals surface area contributed by atoms with E-state index in [1.54, 1.807) is 0 Å². The zero-order chi connectivity index (χ0) is 12.4. The van der Waals surface area contributed by atoms with Crippen LogP contribution in [0.4, 0.5) is 0 Å². The quantitative estimate of drug-likeness (QED) is 0.567. The maximum atomic E-state index is 11.9. The Bertz CT molecular complexity index is 175. The zero-order valence-corrected chi connectivity index (χ0v) is 11.7. The number of unbranched alkanes of at least 4 members (excludes halogenated alkanes) is 2. The number of carbonyl (C=O) groups excluding carboxylic acids is 1. The molecular weight excluding hydrogens is 222 g/mol. The molecule has 0 aromatic rings. The lowest BCUT2D eigenvalue weighted by Gasteiger charge is -2.22. The third-order valence-electron chi connectivity index (χ3n) is 2.67. The normalized spacial score (nSPS) is 12.5. The summed E-state index contributed by atoms with van der Waals surface area (Å²) < 4.78 is 0. The molecule has 0 spiro atoms. The Hall–Kier alpha value is -0.240. The number of carbonyl (C=O) groups is 1.